The third-order valence-corrected chi connectivity index (χ3v) is 3.93. The number of hydrogen-bond donors (Lipinski definition) is 1. The van der Waals surface area contributed by atoms with Crippen LogP contribution in [0.25, 0.3) is 0 Å². The fourth-order valence-electron chi connectivity index (χ4n) is 1.53. The lowest BCUT2D eigenvalue weighted by molar-refractivity contribution is 0.415. The maximum atomic E-state index is 6.12. The van der Waals surface area contributed by atoms with Gasteiger partial charge in [-0.3, -0.25) is 0 Å². The van der Waals surface area contributed by atoms with Crippen molar-refractivity contribution in [2.45, 2.75) is 13.5 Å². The van der Waals surface area contributed by atoms with Crippen LogP contribution in [0.1, 0.15) is 10.4 Å². The number of hydrogen-bond acceptors (Lipinski definition) is 3. The monoisotopic (exact) mass is 267 g/mol. The van der Waals surface area contributed by atoms with Crippen molar-refractivity contribution in [3.8, 4) is 5.75 Å². The Hall–Kier alpha value is -1.19. The van der Waals surface area contributed by atoms with Gasteiger partial charge in [-0.25, -0.2) is 0 Å². The van der Waals surface area contributed by atoms with Crippen molar-refractivity contribution in [2.24, 2.45) is 0 Å². The molecule has 0 radical (unpaired) electrons. The first-order valence-corrected chi connectivity index (χ1v) is 6.57. The lowest BCUT2D eigenvalue weighted by Crippen LogP contribution is -1.99. The summed E-state index contributed by atoms with van der Waals surface area (Å²) in [5.74, 6) is 0.805. The molecule has 2 aromatic rings. The summed E-state index contributed by atoms with van der Waals surface area (Å²) in [4.78, 5) is 1.32. The average molecular weight is 268 g/mol. The highest BCUT2D eigenvalue weighted by atomic mass is 35.5. The van der Waals surface area contributed by atoms with Crippen molar-refractivity contribution in [1.29, 1.82) is 0 Å². The first-order valence-electron chi connectivity index (χ1n) is 5.31. The fourth-order valence-corrected chi connectivity index (χ4v) is 2.56. The van der Waals surface area contributed by atoms with E-state index in [-0.39, 0.29) is 0 Å². The number of nitrogens with one attached hydrogen (secondary N) is 1. The van der Waals surface area contributed by atoms with Crippen LogP contribution in [0.15, 0.2) is 29.6 Å². The smallest absolute Gasteiger partial charge is 0.121 e. The van der Waals surface area contributed by atoms with Crippen LogP contribution in [-0.4, -0.2) is 7.11 Å². The second-order valence-corrected chi connectivity index (χ2v) is 5.13. The fraction of sp³-hybridized carbons (Fsp3) is 0.231. The van der Waals surface area contributed by atoms with Crippen LogP contribution < -0.4 is 10.1 Å². The summed E-state index contributed by atoms with van der Waals surface area (Å²) >= 11 is 7.87. The highest BCUT2D eigenvalue weighted by Crippen LogP contribution is 2.27. The maximum absolute atomic E-state index is 6.12. The first kappa shape index (κ1) is 12.3. The van der Waals surface area contributed by atoms with Crippen LogP contribution in [0.4, 0.5) is 5.69 Å². The molecule has 0 saturated heterocycles. The van der Waals surface area contributed by atoms with Gasteiger partial charge in [0.15, 0.2) is 0 Å². The Morgan fingerprint density at radius 1 is 1.35 bits per heavy atom. The molecule has 1 heterocycles. The summed E-state index contributed by atoms with van der Waals surface area (Å²) < 4.78 is 5.17. The summed E-state index contributed by atoms with van der Waals surface area (Å²) in [5.41, 5.74) is 2.21. The van der Waals surface area contributed by atoms with Crippen molar-refractivity contribution in [3.63, 3.8) is 0 Å². The molecular weight excluding hydrogens is 254 g/mol. The largest absolute Gasteiger partial charge is 0.497 e. The van der Waals surface area contributed by atoms with Crippen molar-refractivity contribution < 1.29 is 4.74 Å². The minimum atomic E-state index is 0.708. The highest BCUT2D eigenvalue weighted by Gasteiger charge is 2.04. The molecule has 0 aliphatic carbocycles. The molecule has 0 saturated carbocycles. The van der Waals surface area contributed by atoms with E-state index in [1.807, 2.05) is 18.2 Å². The third-order valence-electron chi connectivity index (χ3n) is 2.58. The molecule has 17 heavy (non-hydrogen) atoms. The molecule has 0 amide bonds. The third kappa shape index (κ3) is 2.93. The van der Waals surface area contributed by atoms with E-state index >= 15 is 0 Å². The van der Waals surface area contributed by atoms with Crippen molar-refractivity contribution in [3.05, 3.63) is 45.1 Å². The Kier molecular flexibility index (Phi) is 3.92. The second-order valence-electron chi connectivity index (χ2n) is 3.73. The van der Waals surface area contributed by atoms with Gasteiger partial charge in [0.25, 0.3) is 0 Å². The number of thiophene rings is 1. The van der Waals surface area contributed by atoms with E-state index in [0.29, 0.717) is 5.02 Å². The Bertz CT molecular complexity index is 510. The average Bonchev–Trinajstić information content (AvgIpc) is 2.74. The van der Waals surface area contributed by atoms with Crippen LogP contribution in [0.3, 0.4) is 0 Å². The summed E-state index contributed by atoms with van der Waals surface area (Å²) in [6.07, 6.45) is 0. The number of halogens is 1. The highest BCUT2D eigenvalue weighted by molar-refractivity contribution is 7.10. The minimum absolute atomic E-state index is 0.708. The number of benzene rings is 1. The molecule has 0 atom stereocenters. The van der Waals surface area contributed by atoms with E-state index in [0.717, 1.165) is 18.0 Å². The van der Waals surface area contributed by atoms with E-state index in [2.05, 4.69) is 23.7 Å². The minimum Gasteiger partial charge on any atom is -0.497 e. The van der Waals surface area contributed by atoms with E-state index < -0.39 is 0 Å². The normalized spacial score (nSPS) is 10.3. The van der Waals surface area contributed by atoms with Gasteiger partial charge in [-0.2, -0.15) is 0 Å². The number of anilines is 1. The van der Waals surface area contributed by atoms with Gasteiger partial charge in [-0.15, -0.1) is 11.3 Å². The number of ether oxygens (including phenoxy) is 1. The van der Waals surface area contributed by atoms with Crippen LogP contribution in [0.5, 0.6) is 5.75 Å². The number of aryl methyl sites for hydroxylation is 1. The zero-order chi connectivity index (χ0) is 12.3. The summed E-state index contributed by atoms with van der Waals surface area (Å²) in [7, 11) is 1.65. The molecule has 0 aliphatic rings. The summed E-state index contributed by atoms with van der Waals surface area (Å²) in [6.45, 7) is 2.90. The van der Waals surface area contributed by atoms with Crippen LogP contribution in [-0.2, 0) is 6.54 Å². The summed E-state index contributed by atoms with van der Waals surface area (Å²) in [6, 6.07) is 7.72. The Labute approximate surface area is 110 Å². The van der Waals surface area contributed by atoms with Gasteiger partial charge in [0.05, 0.1) is 17.8 Å². The first-order chi connectivity index (χ1) is 8.20. The predicted octanol–water partition coefficient (Wildman–Crippen LogP) is 4.33. The zero-order valence-electron chi connectivity index (χ0n) is 9.79. The van der Waals surface area contributed by atoms with Crippen LogP contribution >= 0.6 is 22.9 Å². The molecule has 2 nitrogen and oxygen atoms in total. The standard InChI is InChI=1S/C13H14ClNOS/c1-9-5-6-17-13(9)8-15-12-7-10(16-2)3-4-11(12)14/h3-7,15H,8H2,1-2H3. The predicted molar refractivity (Wildman–Crippen MR) is 74.4 cm³/mol. The topological polar surface area (TPSA) is 21.3 Å². The van der Waals surface area contributed by atoms with Gasteiger partial charge in [-0.05, 0) is 36.1 Å². The van der Waals surface area contributed by atoms with Gasteiger partial charge in [0, 0.05) is 17.5 Å². The van der Waals surface area contributed by atoms with Gasteiger partial charge >= 0.3 is 0 Å². The molecule has 0 aliphatic heterocycles. The zero-order valence-corrected chi connectivity index (χ0v) is 11.4. The molecule has 0 spiro atoms. The van der Waals surface area contributed by atoms with Crippen molar-refractivity contribution >= 4 is 28.6 Å². The molecule has 4 heteroatoms. The van der Waals surface area contributed by atoms with Crippen molar-refractivity contribution in [1.82, 2.24) is 0 Å². The lowest BCUT2D eigenvalue weighted by Gasteiger charge is -2.09. The molecule has 0 unspecified atom stereocenters. The maximum Gasteiger partial charge on any atom is 0.121 e. The van der Waals surface area contributed by atoms with E-state index in [1.54, 1.807) is 18.4 Å². The number of methoxy groups -OCH3 is 1. The molecule has 2 rings (SSSR count). The van der Waals surface area contributed by atoms with E-state index in [1.165, 1.54) is 10.4 Å². The molecular formula is C13H14ClNOS. The van der Waals surface area contributed by atoms with Crippen molar-refractivity contribution in [2.75, 3.05) is 12.4 Å². The Morgan fingerprint density at radius 2 is 2.18 bits per heavy atom. The molecule has 1 N–H and O–H groups in total. The molecule has 1 aromatic carbocycles. The summed E-state index contributed by atoms with van der Waals surface area (Å²) in [5, 5.41) is 6.13. The molecule has 0 fully saturated rings. The SMILES string of the molecule is COc1ccc(Cl)c(NCc2sccc2C)c1. The number of rotatable bonds is 4. The quantitative estimate of drug-likeness (QED) is 0.890. The van der Waals surface area contributed by atoms with Gasteiger partial charge in [0.2, 0.25) is 0 Å². The van der Waals surface area contributed by atoms with Crippen LogP contribution in [0.2, 0.25) is 5.02 Å². The Morgan fingerprint density at radius 3 is 2.82 bits per heavy atom. The van der Waals surface area contributed by atoms with Crippen LogP contribution in [0, 0.1) is 6.92 Å². The van der Waals surface area contributed by atoms with Gasteiger partial charge in [-0.1, -0.05) is 11.6 Å². The molecule has 0 bridgehead atoms. The Balaban J connectivity index is 2.11. The van der Waals surface area contributed by atoms with Gasteiger partial charge in [0.1, 0.15) is 5.75 Å². The molecule has 90 valence electrons. The van der Waals surface area contributed by atoms with Gasteiger partial charge < -0.3 is 10.1 Å². The van der Waals surface area contributed by atoms with E-state index in [4.69, 9.17) is 16.3 Å². The van der Waals surface area contributed by atoms with E-state index in [9.17, 15) is 0 Å². The lowest BCUT2D eigenvalue weighted by atomic mass is 10.2. The molecule has 1 aromatic heterocycles. The second kappa shape index (κ2) is 5.43.